The van der Waals surface area contributed by atoms with Gasteiger partial charge in [-0.2, -0.15) is 0 Å². The van der Waals surface area contributed by atoms with Crippen molar-refractivity contribution in [2.45, 2.75) is 25.6 Å². The SMILES string of the molecule is COC1(OC)C(C)C1c1c(C)ccc2ccccc12. The minimum absolute atomic E-state index is 0.314. The van der Waals surface area contributed by atoms with E-state index in [-0.39, 0.29) is 0 Å². The molecule has 2 aromatic carbocycles. The van der Waals surface area contributed by atoms with Gasteiger partial charge in [-0.1, -0.05) is 43.3 Å². The van der Waals surface area contributed by atoms with Crippen LogP contribution in [0.2, 0.25) is 0 Å². The molecule has 0 aliphatic heterocycles. The third kappa shape index (κ3) is 1.63. The normalized spacial score (nSPS) is 24.6. The van der Waals surface area contributed by atoms with Gasteiger partial charge in [-0.05, 0) is 28.8 Å². The summed E-state index contributed by atoms with van der Waals surface area (Å²) >= 11 is 0. The molecule has 0 spiro atoms. The van der Waals surface area contributed by atoms with E-state index in [1.807, 2.05) is 0 Å². The highest BCUT2D eigenvalue weighted by molar-refractivity contribution is 5.88. The molecule has 0 bridgehead atoms. The van der Waals surface area contributed by atoms with Crippen molar-refractivity contribution in [3.05, 3.63) is 47.5 Å². The smallest absolute Gasteiger partial charge is 0.178 e. The maximum atomic E-state index is 5.66. The van der Waals surface area contributed by atoms with Gasteiger partial charge in [0.25, 0.3) is 0 Å². The molecule has 2 nitrogen and oxygen atoms in total. The van der Waals surface area contributed by atoms with Gasteiger partial charge in [0.05, 0.1) is 0 Å². The van der Waals surface area contributed by atoms with Crippen LogP contribution in [0.1, 0.15) is 24.0 Å². The summed E-state index contributed by atoms with van der Waals surface area (Å²) in [6.45, 7) is 4.36. The van der Waals surface area contributed by atoms with Gasteiger partial charge >= 0.3 is 0 Å². The molecule has 0 heterocycles. The number of hydrogen-bond donors (Lipinski definition) is 0. The van der Waals surface area contributed by atoms with Crippen molar-refractivity contribution in [2.75, 3.05) is 14.2 Å². The minimum Gasteiger partial charge on any atom is -0.352 e. The van der Waals surface area contributed by atoms with Crippen molar-refractivity contribution in [3.63, 3.8) is 0 Å². The second-order valence-electron chi connectivity index (χ2n) is 5.41. The van der Waals surface area contributed by atoms with Crippen LogP contribution >= 0.6 is 0 Å². The zero-order chi connectivity index (χ0) is 13.6. The van der Waals surface area contributed by atoms with E-state index in [9.17, 15) is 0 Å². The summed E-state index contributed by atoms with van der Waals surface area (Å²) in [6, 6.07) is 12.9. The molecule has 0 N–H and O–H groups in total. The Morgan fingerprint density at radius 1 is 1.00 bits per heavy atom. The van der Waals surface area contributed by atoms with Crippen LogP contribution in [0, 0.1) is 12.8 Å². The highest BCUT2D eigenvalue weighted by Crippen LogP contribution is 2.61. The number of benzene rings is 2. The lowest BCUT2D eigenvalue weighted by molar-refractivity contribution is -0.141. The largest absolute Gasteiger partial charge is 0.352 e. The molecule has 3 rings (SSSR count). The van der Waals surface area contributed by atoms with E-state index in [0.29, 0.717) is 11.8 Å². The molecular weight excluding hydrogens is 236 g/mol. The molecule has 2 heteroatoms. The molecule has 2 atom stereocenters. The summed E-state index contributed by atoms with van der Waals surface area (Å²) in [5.41, 5.74) is 2.68. The van der Waals surface area contributed by atoms with Crippen LogP contribution in [0.15, 0.2) is 36.4 Å². The van der Waals surface area contributed by atoms with E-state index in [0.717, 1.165) is 0 Å². The molecule has 0 amide bonds. The van der Waals surface area contributed by atoms with Crippen LogP contribution in [0.25, 0.3) is 10.8 Å². The highest BCUT2D eigenvalue weighted by atomic mass is 16.7. The average molecular weight is 256 g/mol. The number of methoxy groups -OCH3 is 2. The van der Waals surface area contributed by atoms with Gasteiger partial charge in [-0.3, -0.25) is 0 Å². The van der Waals surface area contributed by atoms with Gasteiger partial charge in [0.1, 0.15) is 0 Å². The van der Waals surface area contributed by atoms with E-state index >= 15 is 0 Å². The van der Waals surface area contributed by atoms with Gasteiger partial charge in [-0.25, -0.2) is 0 Å². The number of aryl methyl sites for hydroxylation is 1. The third-order valence-corrected chi connectivity index (χ3v) is 4.60. The molecule has 0 radical (unpaired) electrons. The lowest BCUT2D eigenvalue weighted by atomic mass is 9.95. The fraction of sp³-hybridized carbons (Fsp3) is 0.412. The Morgan fingerprint density at radius 3 is 2.32 bits per heavy atom. The second-order valence-corrected chi connectivity index (χ2v) is 5.41. The fourth-order valence-corrected chi connectivity index (χ4v) is 3.48. The van der Waals surface area contributed by atoms with Crippen LogP contribution in [0.3, 0.4) is 0 Å². The minimum atomic E-state index is -0.450. The molecule has 19 heavy (non-hydrogen) atoms. The molecule has 0 aromatic heterocycles. The number of ether oxygens (including phenoxy) is 2. The summed E-state index contributed by atoms with van der Waals surface area (Å²) < 4.78 is 11.3. The molecule has 1 aliphatic carbocycles. The Hall–Kier alpha value is -1.38. The predicted molar refractivity (Wildman–Crippen MR) is 77.3 cm³/mol. The van der Waals surface area contributed by atoms with Crippen molar-refractivity contribution in [2.24, 2.45) is 5.92 Å². The van der Waals surface area contributed by atoms with E-state index in [4.69, 9.17) is 9.47 Å². The van der Waals surface area contributed by atoms with Crippen LogP contribution in [-0.2, 0) is 9.47 Å². The Labute approximate surface area is 114 Å². The van der Waals surface area contributed by atoms with E-state index in [2.05, 4.69) is 50.2 Å². The Morgan fingerprint density at radius 2 is 1.68 bits per heavy atom. The van der Waals surface area contributed by atoms with Gasteiger partial charge in [-0.15, -0.1) is 0 Å². The zero-order valence-corrected chi connectivity index (χ0v) is 11.9. The highest BCUT2D eigenvalue weighted by Gasteiger charge is 2.65. The van der Waals surface area contributed by atoms with Crippen molar-refractivity contribution in [1.29, 1.82) is 0 Å². The van der Waals surface area contributed by atoms with Crippen molar-refractivity contribution >= 4 is 10.8 Å². The lowest BCUT2D eigenvalue weighted by Gasteiger charge is -2.16. The first-order valence-electron chi connectivity index (χ1n) is 6.74. The van der Waals surface area contributed by atoms with Gasteiger partial charge in [0.2, 0.25) is 0 Å². The topological polar surface area (TPSA) is 18.5 Å². The first-order chi connectivity index (χ1) is 9.15. The summed E-state index contributed by atoms with van der Waals surface area (Å²) in [5.74, 6) is 0.245. The quantitative estimate of drug-likeness (QED) is 0.776. The van der Waals surface area contributed by atoms with Crippen molar-refractivity contribution < 1.29 is 9.47 Å². The summed E-state index contributed by atoms with van der Waals surface area (Å²) in [5, 5.41) is 2.60. The summed E-state index contributed by atoms with van der Waals surface area (Å²) in [4.78, 5) is 0. The maximum absolute atomic E-state index is 5.66. The molecule has 2 aromatic rings. The predicted octanol–water partition coefficient (Wildman–Crippen LogP) is 3.87. The van der Waals surface area contributed by atoms with Gasteiger partial charge in [0, 0.05) is 26.1 Å². The molecule has 1 aliphatic rings. The fourth-order valence-electron chi connectivity index (χ4n) is 3.48. The third-order valence-electron chi connectivity index (χ3n) is 4.60. The first kappa shape index (κ1) is 12.6. The van der Waals surface area contributed by atoms with Crippen LogP contribution in [-0.4, -0.2) is 20.0 Å². The maximum Gasteiger partial charge on any atom is 0.178 e. The van der Waals surface area contributed by atoms with E-state index < -0.39 is 5.79 Å². The average Bonchev–Trinajstić information content (AvgIpc) is 3.03. The second kappa shape index (κ2) is 4.32. The van der Waals surface area contributed by atoms with Gasteiger partial charge in [0.15, 0.2) is 5.79 Å². The monoisotopic (exact) mass is 256 g/mol. The Kier molecular flexibility index (Phi) is 2.88. The molecule has 1 fully saturated rings. The number of hydrogen-bond acceptors (Lipinski definition) is 2. The zero-order valence-electron chi connectivity index (χ0n) is 11.9. The first-order valence-corrected chi connectivity index (χ1v) is 6.74. The number of fused-ring (bicyclic) bond motifs is 1. The van der Waals surface area contributed by atoms with Crippen LogP contribution < -0.4 is 0 Å². The molecular formula is C17H20O2. The lowest BCUT2D eigenvalue weighted by Crippen LogP contribution is -2.19. The van der Waals surface area contributed by atoms with Crippen LogP contribution in [0.5, 0.6) is 0 Å². The van der Waals surface area contributed by atoms with Crippen LogP contribution in [0.4, 0.5) is 0 Å². The molecule has 2 unspecified atom stereocenters. The summed E-state index contributed by atoms with van der Waals surface area (Å²) in [6.07, 6.45) is 0. The summed E-state index contributed by atoms with van der Waals surface area (Å²) in [7, 11) is 3.47. The molecule has 100 valence electrons. The Balaban J connectivity index is 2.19. The standard InChI is InChI=1S/C17H20O2/c1-11-9-10-13-7-5-6-8-14(13)15(11)16-12(2)17(16,18-3)19-4/h5-10,12,16H,1-4H3. The molecule has 1 saturated carbocycles. The van der Waals surface area contributed by atoms with Crippen molar-refractivity contribution in [3.8, 4) is 0 Å². The number of rotatable bonds is 3. The van der Waals surface area contributed by atoms with Gasteiger partial charge < -0.3 is 9.47 Å². The van der Waals surface area contributed by atoms with E-state index in [1.54, 1.807) is 14.2 Å². The van der Waals surface area contributed by atoms with E-state index in [1.165, 1.54) is 21.9 Å². The Bertz CT molecular complexity index is 614. The molecule has 0 saturated heterocycles. The van der Waals surface area contributed by atoms with Crippen molar-refractivity contribution in [1.82, 2.24) is 0 Å².